The third kappa shape index (κ3) is 3.81. The number of aromatic nitrogens is 1. The number of nitrogens with two attached hydrogens (primary N) is 1. The Morgan fingerprint density at radius 2 is 2.43 bits per heavy atom. The molecule has 0 spiro atoms. The monoisotopic (exact) mass is 210 g/mol. The summed E-state index contributed by atoms with van der Waals surface area (Å²) in [6.45, 7) is 2.44. The van der Waals surface area contributed by atoms with Crippen molar-refractivity contribution >= 4 is 17.2 Å². The van der Waals surface area contributed by atoms with Crippen molar-refractivity contribution in [2.45, 2.75) is 19.4 Å². The topological polar surface area (TPSA) is 48.1 Å². The SMILES string of the molecule is CC(OCCc1ccccn1)C(N)=S. The van der Waals surface area contributed by atoms with Gasteiger partial charge in [-0.2, -0.15) is 0 Å². The number of hydrogen-bond acceptors (Lipinski definition) is 3. The summed E-state index contributed by atoms with van der Waals surface area (Å²) in [6.07, 6.45) is 2.40. The zero-order chi connectivity index (χ0) is 10.4. The molecule has 1 aromatic heterocycles. The van der Waals surface area contributed by atoms with Crippen LogP contribution in [0.15, 0.2) is 24.4 Å². The molecular formula is C10H14N2OS. The maximum atomic E-state index is 5.41. The Morgan fingerprint density at radius 1 is 1.64 bits per heavy atom. The highest BCUT2D eigenvalue weighted by molar-refractivity contribution is 7.80. The first kappa shape index (κ1) is 11.1. The van der Waals surface area contributed by atoms with E-state index in [9.17, 15) is 0 Å². The van der Waals surface area contributed by atoms with Gasteiger partial charge in [-0.25, -0.2) is 0 Å². The minimum absolute atomic E-state index is 0.159. The summed E-state index contributed by atoms with van der Waals surface area (Å²) in [7, 11) is 0. The first-order chi connectivity index (χ1) is 6.70. The van der Waals surface area contributed by atoms with Crippen LogP contribution < -0.4 is 5.73 Å². The second kappa shape index (κ2) is 5.67. The van der Waals surface area contributed by atoms with Crippen molar-refractivity contribution in [2.75, 3.05) is 6.61 Å². The molecule has 76 valence electrons. The molecule has 0 saturated carbocycles. The predicted octanol–water partition coefficient (Wildman–Crippen LogP) is 1.32. The zero-order valence-corrected chi connectivity index (χ0v) is 8.96. The number of rotatable bonds is 5. The Balaban J connectivity index is 2.26. The van der Waals surface area contributed by atoms with Gasteiger partial charge in [-0.3, -0.25) is 4.98 Å². The molecule has 2 N–H and O–H groups in total. The Bertz CT molecular complexity index is 289. The molecule has 1 aromatic rings. The lowest BCUT2D eigenvalue weighted by molar-refractivity contribution is 0.113. The van der Waals surface area contributed by atoms with E-state index in [0.717, 1.165) is 12.1 Å². The van der Waals surface area contributed by atoms with E-state index in [0.29, 0.717) is 11.6 Å². The lowest BCUT2D eigenvalue weighted by Gasteiger charge is -2.10. The Kier molecular flexibility index (Phi) is 4.49. The summed E-state index contributed by atoms with van der Waals surface area (Å²) in [5.74, 6) is 0. The molecule has 0 aliphatic heterocycles. The van der Waals surface area contributed by atoms with E-state index in [4.69, 9.17) is 22.7 Å². The fourth-order valence-electron chi connectivity index (χ4n) is 0.968. The van der Waals surface area contributed by atoms with Gasteiger partial charge >= 0.3 is 0 Å². The van der Waals surface area contributed by atoms with Gasteiger partial charge in [-0.15, -0.1) is 0 Å². The minimum atomic E-state index is -0.159. The maximum Gasteiger partial charge on any atom is 0.104 e. The first-order valence-corrected chi connectivity index (χ1v) is 4.92. The Hall–Kier alpha value is -1.00. The van der Waals surface area contributed by atoms with Crippen molar-refractivity contribution in [3.05, 3.63) is 30.1 Å². The smallest absolute Gasteiger partial charge is 0.104 e. The van der Waals surface area contributed by atoms with E-state index >= 15 is 0 Å². The maximum absolute atomic E-state index is 5.41. The lowest BCUT2D eigenvalue weighted by Crippen LogP contribution is -2.27. The summed E-state index contributed by atoms with van der Waals surface area (Å²) < 4.78 is 5.40. The van der Waals surface area contributed by atoms with Crippen LogP contribution in [0.3, 0.4) is 0 Å². The van der Waals surface area contributed by atoms with E-state index < -0.39 is 0 Å². The molecule has 0 saturated heterocycles. The van der Waals surface area contributed by atoms with Crippen LogP contribution in [0, 0.1) is 0 Å². The van der Waals surface area contributed by atoms with Crippen LogP contribution in [0.5, 0.6) is 0 Å². The highest BCUT2D eigenvalue weighted by atomic mass is 32.1. The number of nitrogens with zero attached hydrogens (tertiary/aromatic N) is 1. The fourth-order valence-corrected chi connectivity index (χ4v) is 1.04. The molecule has 0 aliphatic carbocycles. The van der Waals surface area contributed by atoms with Crippen molar-refractivity contribution in [1.82, 2.24) is 4.98 Å². The van der Waals surface area contributed by atoms with Crippen molar-refractivity contribution in [1.29, 1.82) is 0 Å². The van der Waals surface area contributed by atoms with E-state index in [2.05, 4.69) is 4.98 Å². The molecule has 0 fully saturated rings. The Labute approximate surface area is 89.3 Å². The Morgan fingerprint density at radius 3 is 3.00 bits per heavy atom. The standard InChI is InChI=1S/C10H14N2OS/c1-8(10(11)14)13-7-5-9-4-2-3-6-12-9/h2-4,6,8H,5,7H2,1H3,(H2,11,14). The summed E-state index contributed by atoms with van der Waals surface area (Å²) in [4.78, 5) is 4.57. The van der Waals surface area contributed by atoms with Crippen LogP contribution >= 0.6 is 12.2 Å². The van der Waals surface area contributed by atoms with E-state index in [1.807, 2.05) is 25.1 Å². The van der Waals surface area contributed by atoms with E-state index in [1.54, 1.807) is 6.20 Å². The van der Waals surface area contributed by atoms with Crippen molar-refractivity contribution in [2.24, 2.45) is 5.73 Å². The van der Waals surface area contributed by atoms with Gasteiger partial charge in [-0.05, 0) is 19.1 Å². The van der Waals surface area contributed by atoms with Crippen molar-refractivity contribution < 1.29 is 4.74 Å². The molecule has 1 rings (SSSR count). The molecule has 0 bridgehead atoms. The fraction of sp³-hybridized carbons (Fsp3) is 0.400. The third-order valence-corrected chi connectivity index (χ3v) is 2.18. The number of ether oxygens (including phenoxy) is 1. The van der Waals surface area contributed by atoms with E-state index in [1.165, 1.54) is 0 Å². The molecule has 0 aliphatic rings. The molecule has 0 amide bonds. The van der Waals surface area contributed by atoms with Gasteiger partial charge in [0, 0.05) is 18.3 Å². The van der Waals surface area contributed by atoms with E-state index in [-0.39, 0.29) is 6.10 Å². The number of pyridine rings is 1. The quantitative estimate of drug-likeness (QED) is 0.744. The van der Waals surface area contributed by atoms with Gasteiger partial charge in [0.15, 0.2) is 0 Å². The van der Waals surface area contributed by atoms with Gasteiger partial charge in [0.05, 0.1) is 6.61 Å². The summed E-state index contributed by atoms with van der Waals surface area (Å²) in [5.41, 5.74) is 6.42. The second-order valence-corrected chi connectivity index (χ2v) is 3.46. The molecule has 0 aromatic carbocycles. The molecule has 3 nitrogen and oxygen atoms in total. The molecule has 1 unspecified atom stereocenters. The van der Waals surface area contributed by atoms with Crippen LogP contribution in [-0.4, -0.2) is 22.7 Å². The molecule has 0 radical (unpaired) electrons. The largest absolute Gasteiger partial charge is 0.391 e. The van der Waals surface area contributed by atoms with Gasteiger partial charge < -0.3 is 10.5 Å². The van der Waals surface area contributed by atoms with Crippen LogP contribution in [0.1, 0.15) is 12.6 Å². The van der Waals surface area contributed by atoms with Crippen LogP contribution in [0.2, 0.25) is 0 Å². The molecule has 1 heterocycles. The summed E-state index contributed by atoms with van der Waals surface area (Å²) in [6, 6.07) is 5.82. The minimum Gasteiger partial charge on any atom is -0.391 e. The zero-order valence-electron chi connectivity index (χ0n) is 8.14. The average Bonchev–Trinajstić information content (AvgIpc) is 2.19. The highest BCUT2D eigenvalue weighted by Crippen LogP contribution is 1.97. The predicted molar refractivity (Wildman–Crippen MR) is 60.1 cm³/mol. The lowest BCUT2D eigenvalue weighted by atomic mass is 10.3. The normalized spacial score (nSPS) is 12.4. The van der Waals surface area contributed by atoms with Crippen molar-refractivity contribution in [3.63, 3.8) is 0 Å². The number of thiocarbonyl (C=S) groups is 1. The molecule has 1 atom stereocenters. The highest BCUT2D eigenvalue weighted by Gasteiger charge is 2.04. The van der Waals surface area contributed by atoms with Crippen LogP contribution in [0.4, 0.5) is 0 Å². The van der Waals surface area contributed by atoms with Gasteiger partial charge in [0.1, 0.15) is 11.1 Å². The third-order valence-electron chi connectivity index (χ3n) is 1.85. The van der Waals surface area contributed by atoms with Crippen LogP contribution in [0.25, 0.3) is 0 Å². The first-order valence-electron chi connectivity index (χ1n) is 4.51. The van der Waals surface area contributed by atoms with Crippen LogP contribution in [-0.2, 0) is 11.2 Å². The summed E-state index contributed by atoms with van der Waals surface area (Å²) >= 11 is 4.79. The molecular weight excluding hydrogens is 196 g/mol. The number of hydrogen-bond donors (Lipinski definition) is 1. The van der Waals surface area contributed by atoms with Crippen molar-refractivity contribution in [3.8, 4) is 0 Å². The van der Waals surface area contributed by atoms with Gasteiger partial charge in [0.25, 0.3) is 0 Å². The van der Waals surface area contributed by atoms with Gasteiger partial charge in [-0.1, -0.05) is 18.3 Å². The van der Waals surface area contributed by atoms with Gasteiger partial charge in [0.2, 0.25) is 0 Å². The molecule has 4 heteroatoms. The average molecular weight is 210 g/mol. The molecule has 14 heavy (non-hydrogen) atoms. The summed E-state index contributed by atoms with van der Waals surface area (Å²) in [5, 5.41) is 0. The second-order valence-electron chi connectivity index (χ2n) is 2.99.